The maximum atomic E-state index is 6.92. The molecule has 0 aliphatic heterocycles. The molecule has 0 heterocycles. The summed E-state index contributed by atoms with van der Waals surface area (Å²) in [5.41, 5.74) is 6.68. The summed E-state index contributed by atoms with van der Waals surface area (Å²) in [5.74, 6) is 2.27. The van der Waals surface area contributed by atoms with E-state index in [0.29, 0.717) is 5.75 Å². The second-order valence-corrected chi connectivity index (χ2v) is 20.2. The van der Waals surface area contributed by atoms with E-state index in [-0.39, 0.29) is 52.0 Å². The van der Waals surface area contributed by atoms with Gasteiger partial charge in [-0.15, -0.1) is 11.6 Å². The van der Waals surface area contributed by atoms with E-state index in [0.717, 1.165) is 28.2 Å². The van der Waals surface area contributed by atoms with Crippen LogP contribution in [-0.4, -0.2) is 0 Å². The number of rotatable bonds is 6. The van der Waals surface area contributed by atoms with Gasteiger partial charge in [0, 0.05) is 30.6 Å². The standard InChI is InChI=1S/C42H63O3P.Rh/c1-37(2,3)28-19-22-34(31(25-28)40(10,11)12)43-46(44-35-23-20-29(38(4,5)6)26-32(35)41(13,14)15)45-36-24-21-30(39(7,8)9)27-33(36)42(16,17)18;/h19-23,25-27,46H,1-18H3;. The molecule has 0 unspecified atom stereocenters. The molecule has 0 spiro atoms. The van der Waals surface area contributed by atoms with Gasteiger partial charge in [0.15, 0.2) is 11.5 Å². The van der Waals surface area contributed by atoms with Crippen molar-refractivity contribution in [2.24, 2.45) is 0 Å². The van der Waals surface area contributed by atoms with Crippen LogP contribution in [0.1, 0.15) is 158 Å². The molecule has 0 aromatic heterocycles. The molecule has 3 rings (SSSR count). The Morgan fingerprint density at radius 3 is 1.09 bits per heavy atom. The van der Waals surface area contributed by atoms with Crippen LogP contribution in [-0.2, 0) is 52.0 Å². The van der Waals surface area contributed by atoms with Gasteiger partial charge in [-0.2, -0.15) is 17.7 Å². The van der Waals surface area contributed by atoms with Crippen molar-refractivity contribution in [1.82, 2.24) is 0 Å². The molecule has 5 heteroatoms. The van der Waals surface area contributed by atoms with E-state index in [1.54, 1.807) is 0 Å². The Morgan fingerprint density at radius 2 is 0.766 bits per heavy atom. The molecule has 0 N–H and O–H groups in total. The maximum absolute atomic E-state index is 6.92. The van der Waals surface area contributed by atoms with Crippen LogP contribution >= 0.6 is 8.60 Å². The molecule has 3 aromatic carbocycles. The van der Waals surface area contributed by atoms with Crippen LogP contribution in [0.25, 0.3) is 0 Å². The van der Waals surface area contributed by atoms with Crippen LogP contribution in [0.4, 0.5) is 0 Å². The van der Waals surface area contributed by atoms with Gasteiger partial charge in [-0.25, -0.2) is 0 Å². The fourth-order valence-electron chi connectivity index (χ4n) is 5.23. The van der Waals surface area contributed by atoms with E-state index in [9.17, 15) is 0 Å². The van der Waals surface area contributed by atoms with Gasteiger partial charge in [0.2, 0.25) is 0 Å². The largest absolute Gasteiger partial charge is 0.526 e. The zero-order valence-corrected chi connectivity index (χ0v) is 35.3. The molecule has 47 heavy (non-hydrogen) atoms. The molecule has 1 radical (unpaired) electrons. The van der Waals surface area contributed by atoms with E-state index in [2.05, 4.69) is 179 Å². The third-order valence-corrected chi connectivity index (χ3v) is 9.60. The number of hydrogen-bond acceptors (Lipinski definition) is 3. The molecule has 0 aliphatic carbocycles. The van der Waals surface area contributed by atoms with E-state index < -0.39 is 8.60 Å². The first-order valence-electron chi connectivity index (χ1n) is 16.9. The van der Waals surface area contributed by atoms with Crippen molar-refractivity contribution in [3.63, 3.8) is 0 Å². The third-order valence-electron chi connectivity index (χ3n) is 8.46. The van der Waals surface area contributed by atoms with Gasteiger partial charge in [0.25, 0.3) is 0 Å². The van der Waals surface area contributed by atoms with Crippen molar-refractivity contribution in [2.45, 2.75) is 157 Å². The van der Waals surface area contributed by atoms with Gasteiger partial charge in [0.05, 0.1) is 5.75 Å². The van der Waals surface area contributed by atoms with Gasteiger partial charge < -0.3 is 0 Å². The second-order valence-electron chi connectivity index (χ2n) is 19.1. The first kappa shape index (κ1) is 41.3. The first-order valence-corrected chi connectivity index (χ1v) is 18.1. The van der Waals surface area contributed by atoms with Crippen molar-refractivity contribution in [2.75, 3.05) is 0 Å². The molecule has 0 aliphatic rings. The molecule has 0 saturated carbocycles. The number of hydrogen-bond donors (Lipinski definition) is 0. The van der Waals surface area contributed by atoms with Gasteiger partial charge in [-0.1, -0.05) is 160 Å². The molecular formula is C42H63O3PRh. The summed E-state index contributed by atoms with van der Waals surface area (Å²) in [5, 5.41) is 0. The van der Waals surface area contributed by atoms with Crippen molar-refractivity contribution in [1.29, 1.82) is 0 Å². The average Bonchev–Trinajstić information content (AvgIpc) is 2.85. The van der Waals surface area contributed by atoms with Gasteiger partial charge in [0.1, 0.15) is 0 Å². The summed E-state index contributed by atoms with van der Waals surface area (Å²) in [6.07, 6.45) is 0. The quantitative estimate of drug-likeness (QED) is 0.143. The van der Waals surface area contributed by atoms with E-state index >= 15 is 0 Å². The van der Waals surface area contributed by atoms with E-state index in [1.165, 1.54) is 16.7 Å². The molecule has 0 atom stereocenters. The first-order chi connectivity index (χ1) is 20.6. The summed E-state index contributed by atoms with van der Waals surface area (Å²) < 4.78 is 20.7. The van der Waals surface area contributed by atoms with E-state index in [1.807, 2.05) is 0 Å². The average molecular weight is 750 g/mol. The van der Waals surface area contributed by atoms with Crippen LogP contribution in [0, 0.1) is 6.07 Å². The molecule has 3 aromatic rings. The Kier molecular flexibility index (Phi) is 12.4. The minimum atomic E-state index is -2.42. The maximum Gasteiger partial charge on any atom is 0.526 e. The van der Waals surface area contributed by atoms with Crippen molar-refractivity contribution < 1.29 is 33.0 Å². The second kappa shape index (κ2) is 14.2. The molecule has 3 nitrogen and oxygen atoms in total. The van der Waals surface area contributed by atoms with Crippen LogP contribution < -0.4 is 13.6 Å². The smallest absolute Gasteiger partial charge is 0.300 e. The van der Waals surface area contributed by atoms with Crippen LogP contribution in [0.15, 0.2) is 48.5 Å². The van der Waals surface area contributed by atoms with E-state index in [4.69, 9.17) is 13.6 Å². The fraction of sp³-hybridized carbons (Fsp3) is 0.571. The Bertz CT molecular complexity index is 1330. The normalized spacial score (nSPS) is 13.3. The van der Waals surface area contributed by atoms with Gasteiger partial charge in [-0.05, 0) is 44.9 Å². The molecule has 0 bridgehead atoms. The zero-order chi connectivity index (χ0) is 35.3. The Morgan fingerprint density at radius 1 is 0.426 bits per heavy atom. The third kappa shape index (κ3) is 10.8. The minimum Gasteiger partial charge on any atom is -0.300 e. The van der Waals surface area contributed by atoms with Gasteiger partial charge >= 0.3 is 8.60 Å². The van der Waals surface area contributed by atoms with Crippen molar-refractivity contribution in [3.05, 3.63) is 88.0 Å². The summed E-state index contributed by atoms with van der Waals surface area (Å²) in [6.45, 7) is 40.2. The predicted octanol–water partition coefficient (Wildman–Crippen LogP) is 12.8. The Balaban J connectivity index is 0.00000768. The molecule has 263 valence electrons. The van der Waals surface area contributed by atoms with Crippen molar-refractivity contribution in [3.8, 4) is 17.2 Å². The molecule has 0 amide bonds. The summed E-state index contributed by atoms with van der Waals surface area (Å²) >= 11 is 0. The van der Waals surface area contributed by atoms with Crippen LogP contribution in [0.3, 0.4) is 0 Å². The fourth-order valence-corrected chi connectivity index (χ4v) is 6.40. The van der Waals surface area contributed by atoms with Gasteiger partial charge in [-0.3, -0.25) is 13.6 Å². The van der Waals surface area contributed by atoms with Crippen molar-refractivity contribution >= 4 is 8.60 Å². The number of benzene rings is 3. The SMILES string of the molecule is CC(C)(C)c1c[c-]c(O[PH+](Oc2ccc(C(C)(C)C)cc2C(C)(C)C)Oc2ccc(C(C)(C)C)cc2C(C)(C)C)c(C(C)(C)C)c1.[Rh]. The topological polar surface area (TPSA) is 27.7 Å². The summed E-state index contributed by atoms with van der Waals surface area (Å²) in [4.78, 5) is 0. The summed E-state index contributed by atoms with van der Waals surface area (Å²) in [7, 11) is -2.42. The zero-order valence-electron chi connectivity index (χ0n) is 32.7. The summed E-state index contributed by atoms with van der Waals surface area (Å²) in [6, 6.07) is 21.0. The molecule has 0 fully saturated rings. The van der Waals surface area contributed by atoms with Crippen LogP contribution in [0.5, 0.6) is 17.2 Å². The van der Waals surface area contributed by atoms with Crippen LogP contribution in [0.2, 0.25) is 0 Å². The molecular weight excluding hydrogens is 686 g/mol. The predicted molar refractivity (Wildman–Crippen MR) is 201 cm³/mol. The Hall–Kier alpha value is -1.89. The minimum absolute atomic E-state index is 0. The molecule has 0 saturated heterocycles. The Labute approximate surface area is 302 Å². The monoisotopic (exact) mass is 749 g/mol.